The molecule has 1 aromatic carbocycles. The highest BCUT2D eigenvalue weighted by Gasteiger charge is 2.18. The average molecular weight is 518 g/mol. The molecular formula is C25H21F2N9O2. The van der Waals surface area contributed by atoms with Crippen molar-refractivity contribution >= 4 is 22.5 Å². The highest BCUT2D eigenvalue weighted by Crippen LogP contribution is 2.26. The highest BCUT2D eigenvalue weighted by molar-refractivity contribution is 5.82. The number of ether oxygens (including phenoxy) is 1. The van der Waals surface area contributed by atoms with Gasteiger partial charge in [0.15, 0.2) is 23.9 Å². The normalized spacial score (nSPS) is 12.0. The zero-order valence-corrected chi connectivity index (χ0v) is 20.2. The van der Waals surface area contributed by atoms with Crippen LogP contribution in [-0.2, 0) is 0 Å². The Balaban J connectivity index is 1.43. The van der Waals surface area contributed by atoms with Gasteiger partial charge in [0.2, 0.25) is 5.88 Å². The zero-order valence-electron chi connectivity index (χ0n) is 20.2. The molecule has 0 spiro atoms. The van der Waals surface area contributed by atoms with Crippen molar-refractivity contribution in [2.75, 3.05) is 11.9 Å². The van der Waals surface area contributed by atoms with Crippen LogP contribution in [0.4, 0.5) is 20.3 Å². The molecule has 4 heterocycles. The minimum Gasteiger partial charge on any atom is -0.471 e. The van der Waals surface area contributed by atoms with E-state index in [2.05, 4.69) is 25.6 Å². The number of aliphatic hydroxyl groups excluding tert-OH is 1. The summed E-state index contributed by atoms with van der Waals surface area (Å²) in [6.07, 6.45) is -1.76. The van der Waals surface area contributed by atoms with E-state index in [1.165, 1.54) is 10.7 Å². The van der Waals surface area contributed by atoms with Crippen molar-refractivity contribution in [2.24, 2.45) is 0 Å². The Hall–Kier alpha value is -4.96. The number of imidazole rings is 1. The maximum absolute atomic E-state index is 12.3. The molecule has 1 atom stereocenters. The van der Waals surface area contributed by atoms with Crippen molar-refractivity contribution in [3.8, 4) is 23.6 Å². The summed E-state index contributed by atoms with van der Waals surface area (Å²) in [7, 11) is 0. The standard InChI is InChI=1S/C25H21F2N9O2/c1-14-9-17(11-28)34-36(14)25-18(15(2)37)4-7-23(31-25)35-13-29-19-10-16(3-5-20(19)35)30-22-6-8-24(33-32-22)38-12-21(26)27/h3-10,13,15,21,37H,12H2,1-2H3,(H,30,32). The third-order valence-electron chi connectivity index (χ3n) is 5.61. The number of benzene rings is 1. The molecule has 0 amide bonds. The van der Waals surface area contributed by atoms with Gasteiger partial charge in [-0.3, -0.25) is 4.57 Å². The molecule has 0 bridgehead atoms. The van der Waals surface area contributed by atoms with Crippen LogP contribution in [0.2, 0.25) is 0 Å². The number of nitrogens with one attached hydrogen (secondary N) is 1. The molecule has 2 N–H and O–H groups in total. The molecule has 0 saturated carbocycles. The van der Waals surface area contributed by atoms with Gasteiger partial charge in [-0.2, -0.15) is 10.4 Å². The number of fused-ring (bicyclic) bond motifs is 1. The maximum Gasteiger partial charge on any atom is 0.272 e. The van der Waals surface area contributed by atoms with E-state index in [0.717, 1.165) is 5.52 Å². The van der Waals surface area contributed by atoms with E-state index in [0.29, 0.717) is 39.9 Å². The van der Waals surface area contributed by atoms with Crippen molar-refractivity contribution in [1.82, 2.24) is 34.5 Å². The third-order valence-corrected chi connectivity index (χ3v) is 5.61. The van der Waals surface area contributed by atoms with Crippen LogP contribution in [0.1, 0.15) is 30.0 Å². The molecule has 4 aromatic heterocycles. The summed E-state index contributed by atoms with van der Waals surface area (Å²) in [5, 5.41) is 34.7. The van der Waals surface area contributed by atoms with Crippen molar-refractivity contribution < 1.29 is 18.6 Å². The number of nitrogens with zero attached hydrogens (tertiary/aromatic N) is 8. The molecule has 11 nitrogen and oxygen atoms in total. The second-order valence-corrected chi connectivity index (χ2v) is 8.35. The number of aryl methyl sites for hydroxylation is 1. The lowest BCUT2D eigenvalue weighted by Gasteiger charge is -2.14. The van der Waals surface area contributed by atoms with Gasteiger partial charge >= 0.3 is 0 Å². The third kappa shape index (κ3) is 4.97. The molecule has 0 aliphatic rings. The van der Waals surface area contributed by atoms with E-state index in [1.54, 1.807) is 42.1 Å². The van der Waals surface area contributed by atoms with Crippen LogP contribution in [0, 0.1) is 18.3 Å². The van der Waals surface area contributed by atoms with Crippen molar-refractivity contribution in [2.45, 2.75) is 26.4 Å². The molecule has 1 unspecified atom stereocenters. The van der Waals surface area contributed by atoms with Crippen LogP contribution >= 0.6 is 0 Å². The fourth-order valence-corrected chi connectivity index (χ4v) is 3.86. The second kappa shape index (κ2) is 10.2. The quantitative estimate of drug-likeness (QED) is 0.312. The number of aromatic nitrogens is 7. The van der Waals surface area contributed by atoms with Gasteiger partial charge < -0.3 is 15.2 Å². The predicted molar refractivity (Wildman–Crippen MR) is 133 cm³/mol. The van der Waals surface area contributed by atoms with Gasteiger partial charge in [-0.1, -0.05) is 0 Å². The Morgan fingerprint density at radius 1 is 1.13 bits per heavy atom. The molecule has 192 valence electrons. The zero-order chi connectivity index (χ0) is 26.8. The number of hydrogen-bond donors (Lipinski definition) is 2. The fourth-order valence-electron chi connectivity index (χ4n) is 3.86. The molecular weight excluding hydrogens is 496 g/mol. The molecule has 38 heavy (non-hydrogen) atoms. The molecule has 0 saturated heterocycles. The minimum atomic E-state index is -2.59. The molecule has 0 aliphatic heterocycles. The van der Waals surface area contributed by atoms with Gasteiger partial charge in [0.1, 0.15) is 18.2 Å². The van der Waals surface area contributed by atoms with E-state index in [1.807, 2.05) is 31.2 Å². The Kier molecular flexibility index (Phi) is 6.63. The lowest BCUT2D eigenvalue weighted by molar-refractivity contribution is 0.0791. The summed E-state index contributed by atoms with van der Waals surface area (Å²) in [5.41, 5.74) is 3.65. The van der Waals surface area contributed by atoms with Gasteiger partial charge in [-0.25, -0.2) is 23.4 Å². The van der Waals surface area contributed by atoms with E-state index in [4.69, 9.17) is 9.72 Å². The van der Waals surface area contributed by atoms with Crippen LogP contribution in [-0.4, -0.2) is 52.7 Å². The number of pyridine rings is 1. The summed E-state index contributed by atoms with van der Waals surface area (Å²) in [6, 6.07) is 15.7. The lowest BCUT2D eigenvalue weighted by Crippen LogP contribution is -2.10. The fraction of sp³-hybridized carbons (Fsp3) is 0.200. The molecule has 0 radical (unpaired) electrons. The highest BCUT2D eigenvalue weighted by atomic mass is 19.3. The summed E-state index contributed by atoms with van der Waals surface area (Å²) in [5.74, 6) is 1.37. The van der Waals surface area contributed by atoms with Crippen molar-refractivity contribution in [3.63, 3.8) is 0 Å². The van der Waals surface area contributed by atoms with Gasteiger partial charge in [0.25, 0.3) is 6.43 Å². The number of halogens is 2. The summed E-state index contributed by atoms with van der Waals surface area (Å²) in [4.78, 5) is 9.24. The topological polar surface area (TPSA) is 140 Å². The van der Waals surface area contributed by atoms with Crippen LogP contribution < -0.4 is 10.1 Å². The van der Waals surface area contributed by atoms with Crippen LogP contribution in [0.3, 0.4) is 0 Å². The Morgan fingerprint density at radius 3 is 2.66 bits per heavy atom. The van der Waals surface area contributed by atoms with E-state index < -0.39 is 19.1 Å². The summed E-state index contributed by atoms with van der Waals surface area (Å²) in [6.45, 7) is 2.70. The maximum atomic E-state index is 12.3. The molecule has 0 aliphatic carbocycles. The first kappa shape index (κ1) is 24.7. The van der Waals surface area contributed by atoms with Crippen LogP contribution in [0.15, 0.2) is 54.9 Å². The monoisotopic (exact) mass is 517 g/mol. The summed E-state index contributed by atoms with van der Waals surface area (Å²) >= 11 is 0. The van der Waals surface area contributed by atoms with E-state index >= 15 is 0 Å². The number of alkyl halides is 2. The Labute approximate surface area is 215 Å². The largest absolute Gasteiger partial charge is 0.471 e. The Morgan fingerprint density at radius 2 is 1.97 bits per heavy atom. The number of nitriles is 1. The van der Waals surface area contributed by atoms with Crippen LogP contribution in [0.25, 0.3) is 22.7 Å². The van der Waals surface area contributed by atoms with Gasteiger partial charge in [-0.15, -0.1) is 10.2 Å². The molecule has 5 rings (SSSR count). The minimum absolute atomic E-state index is 0.00711. The van der Waals surface area contributed by atoms with Gasteiger partial charge in [0, 0.05) is 23.0 Å². The first-order valence-electron chi connectivity index (χ1n) is 11.5. The number of rotatable bonds is 8. The predicted octanol–water partition coefficient (Wildman–Crippen LogP) is 4.02. The number of aliphatic hydroxyl groups is 1. The number of anilines is 2. The molecule has 5 aromatic rings. The SMILES string of the molecule is Cc1cc(C#N)nn1-c1nc(-n2cnc3cc(Nc4ccc(OCC(F)F)nn4)ccc32)ccc1C(C)O. The molecule has 13 heteroatoms. The summed E-state index contributed by atoms with van der Waals surface area (Å²) < 4.78 is 32.7. The Bertz CT molecular complexity index is 1640. The molecule has 0 fully saturated rings. The van der Waals surface area contributed by atoms with Crippen LogP contribution in [0.5, 0.6) is 5.88 Å². The van der Waals surface area contributed by atoms with E-state index in [9.17, 15) is 19.1 Å². The second-order valence-electron chi connectivity index (χ2n) is 8.35. The van der Waals surface area contributed by atoms with Crippen molar-refractivity contribution in [3.05, 3.63) is 71.8 Å². The van der Waals surface area contributed by atoms with E-state index in [-0.39, 0.29) is 11.6 Å². The smallest absolute Gasteiger partial charge is 0.272 e. The first-order valence-corrected chi connectivity index (χ1v) is 11.5. The van der Waals surface area contributed by atoms with Gasteiger partial charge in [0.05, 0.1) is 17.1 Å². The average Bonchev–Trinajstić information content (AvgIpc) is 3.50. The first-order chi connectivity index (χ1) is 18.3. The van der Waals surface area contributed by atoms with Gasteiger partial charge in [-0.05, 0) is 56.3 Å². The van der Waals surface area contributed by atoms with Crippen molar-refractivity contribution in [1.29, 1.82) is 5.26 Å². The number of hydrogen-bond acceptors (Lipinski definition) is 9. The lowest BCUT2D eigenvalue weighted by atomic mass is 10.1.